The first-order chi connectivity index (χ1) is 15.4. The number of sulfonamides is 1. The Balaban J connectivity index is 1.31. The van der Waals surface area contributed by atoms with Crippen molar-refractivity contribution < 1.29 is 17.9 Å². The van der Waals surface area contributed by atoms with Gasteiger partial charge in [0.15, 0.2) is 0 Å². The number of amides is 2. The number of benzene rings is 1. The van der Waals surface area contributed by atoms with E-state index in [-0.39, 0.29) is 24.2 Å². The summed E-state index contributed by atoms with van der Waals surface area (Å²) in [5.74, 6) is 1.16. The summed E-state index contributed by atoms with van der Waals surface area (Å²) < 4.78 is 32.8. The zero-order valence-corrected chi connectivity index (χ0v) is 19.9. The van der Waals surface area contributed by atoms with Crippen LogP contribution in [0, 0.1) is 5.92 Å². The molecule has 8 heteroatoms. The van der Waals surface area contributed by atoms with E-state index in [0.717, 1.165) is 25.7 Å². The van der Waals surface area contributed by atoms with Crippen LogP contribution in [-0.2, 0) is 14.8 Å². The predicted molar refractivity (Wildman–Crippen MR) is 125 cm³/mol. The third-order valence-electron chi connectivity index (χ3n) is 7.39. The highest BCUT2D eigenvalue weighted by atomic mass is 32.2. The van der Waals surface area contributed by atoms with Gasteiger partial charge >= 0.3 is 6.03 Å². The number of ether oxygens (including phenoxy) is 1. The van der Waals surface area contributed by atoms with E-state index in [2.05, 4.69) is 40.4 Å². The highest BCUT2D eigenvalue weighted by Gasteiger charge is 2.39. The number of likely N-dealkylation sites (tertiary alicyclic amines) is 1. The lowest BCUT2D eigenvalue weighted by molar-refractivity contribution is -0.000733. The molecule has 2 atom stereocenters. The molecular weight excluding hydrogens is 426 g/mol. The van der Waals surface area contributed by atoms with Crippen molar-refractivity contribution in [1.82, 2.24) is 14.9 Å². The summed E-state index contributed by atoms with van der Waals surface area (Å²) in [5, 5.41) is 3.06. The molecule has 1 aromatic carbocycles. The Morgan fingerprint density at radius 1 is 1.06 bits per heavy atom. The van der Waals surface area contributed by atoms with Crippen LogP contribution in [0.15, 0.2) is 30.3 Å². The standard InChI is InChI=1S/C24H37N3O4S/c1-32(29,30)26-22-14-15-27(24(28)25-16-18-6-5-7-18)23(22)17-31-21-12-10-20(11-13-21)19-8-3-2-4-9-19/h2-4,8-9,18,20-23,26H,5-7,10-17H2,1H3,(H,25,28)/t20?,21?,22-,23?/m0/s1. The van der Waals surface area contributed by atoms with Crippen LogP contribution in [-0.4, -0.2) is 63.5 Å². The Hall–Kier alpha value is -1.64. The molecule has 4 rings (SSSR count). The van der Waals surface area contributed by atoms with Crippen molar-refractivity contribution in [3.05, 3.63) is 35.9 Å². The minimum absolute atomic E-state index is 0.101. The Labute approximate surface area is 192 Å². The van der Waals surface area contributed by atoms with Gasteiger partial charge < -0.3 is 15.0 Å². The first kappa shape index (κ1) is 23.5. The maximum Gasteiger partial charge on any atom is 0.317 e. The molecule has 1 aliphatic heterocycles. The summed E-state index contributed by atoms with van der Waals surface area (Å²) in [4.78, 5) is 14.6. The third-order valence-corrected chi connectivity index (χ3v) is 8.12. The first-order valence-electron chi connectivity index (χ1n) is 12.1. The number of urea groups is 1. The zero-order chi connectivity index (χ0) is 22.6. The van der Waals surface area contributed by atoms with Crippen molar-refractivity contribution in [3.8, 4) is 0 Å². The topological polar surface area (TPSA) is 87.7 Å². The van der Waals surface area contributed by atoms with E-state index in [1.807, 2.05) is 0 Å². The third kappa shape index (κ3) is 6.23. The Morgan fingerprint density at radius 2 is 1.78 bits per heavy atom. The van der Waals surface area contributed by atoms with E-state index >= 15 is 0 Å². The average molecular weight is 464 g/mol. The number of carbonyl (C=O) groups excluding carboxylic acids is 1. The number of nitrogens with zero attached hydrogens (tertiary/aromatic N) is 1. The molecule has 0 bridgehead atoms. The van der Waals surface area contributed by atoms with Crippen molar-refractivity contribution in [2.24, 2.45) is 5.92 Å². The van der Waals surface area contributed by atoms with Crippen molar-refractivity contribution in [3.63, 3.8) is 0 Å². The molecule has 3 aliphatic rings. The van der Waals surface area contributed by atoms with Crippen molar-refractivity contribution in [2.75, 3.05) is 26.0 Å². The Bertz CT molecular complexity index is 851. The quantitative estimate of drug-likeness (QED) is 0.620. The lowest BCUT2D eigenvalue weighted by Gasteiger charge is -2.33. The van der Waals surface area contributed by atoms with Gasteiger partial charge in [-0.3, -0.25) is 0 Å². The minimum atomic E-state index is -3.36. The van der Waals surface area contributed by atoms with Crippen LogP contribution in [0.25, 0.3) is 0 Å². The first-order valence-corrected chi connectivity index (χ1v) is 14.0. The van der Waals surface area contributed by atoms with Crippen molar-refractivity contribution in [2.45, 2.75) is 75.5 Å². The highest BCUT2D eigenvalue weighted by molar-refractivity contribution is 7.88. The maximum absolute atomic E-state index is 12.8. The SMILES string of the molecule is CS(=O)(=O)N[C@H]1CCN(C(=O)NCC2CCC2)C1COC1CCC(c2ccccc2)CC1. The minimum Gasteiger partial charge on any atom is -0.376 e. The van der Waals surface area contributed by atoms with Crippen LogP contribution in [0.3, 0.4) is 0 Å². The monoisotopic (exact) mass is 463 g/mol. The van der Waals surface area contributed by atoms with Crippen LogP contribution < -0.4 is 10.0 Å². The van der Waals surface area contributed by atoms with Gasteiger partial charge in [0.05, 0.1) is 25.0 Å². The highest BCUT2D eigenvalue weighted by Crippen LogP contribution is 2.34. The number of carbonyl (C=O) groups is 1. The van der Waals surface area contributed by atoms with E-state index in [0.29, 0.717) is 38.0 Å². The van der Waals surface area contributed by atoms with Crippen LogP contribution in [0.5, 0.6) is 0 Å². The summed E-state index contributed by atoms with van der Waals surface area (Å²) in [6.07, 6.45) is 9.71. The van der Waals surface area contributed by atoms with Crippen LogP contribution in [0.4, 0.5) is 4.79 Å². The number of nitrogens with one attached hydrogen (secondary N) is 2. The van der Waals surface area contributed by atoms with E-state index in [4.69, 9.17) is 4.74 Å². The Kier molecular flexibility index (Phi) is 7.74. The molecule has 2 amide bonds. The van der Waals surface area contributed by atoms with Gasteiger partial charge in [-0.1, -0.05) is 36.8 Å². The molecule has 178 valence electrons. The van der Waals surface area contributed by atoms with Crippen molar-refractivity contribution >= 4 is 16.1 Å². The fraction of sp³-hybridized carbons (Fsp3) is 0.708. The largest absolute Gasteiger partial charge is 0.376 e. The summed E-state index contributed by atoms with van der Waals surface area (Å²) >= 11 is 0. The molecule has 0 radical (unpaired) electrons. The molecule has 1 heterocycles. The van der Waals surface area contributed by atoms with Crippen LogP contribution >= 0.6 is 0 Å². The van der Waals surface area contributed by atoms with Gasteiger partial charge in [0, 0.05) is 19.1 Å². The second-order valence-corrected chi connectivity index (χ2v) is 11.5. The average Bonchev–Trinajstić information content (AvgIpc) is 3.13. The van der Waals surface area contributed by atoms with Crippen LogP contribution in [0.2, 0.25) is 0 Å². The lowest BCUT2D eigenvalue weighted by Crippen LogP contribution is -2.52. The van der Waals surface area contributed by atoms with E-state index < -0.39 is 10.0 Å². The molecule has 0 aromatic heterocycles. The molecule has 7 nitrogen and oxygen atoms in total. The Morgan fingerprint density at radius 3 is 2.41 bits per heavy atom. The van der Waals surface area contributed by atoms with E-state index in [9.17, 15) is 13.2 Å². The van der Waals surface area contributed by atoms with Gasteiger partial charge in [0.1, 0.15) is 0 Å². The number of rotatable bonds is 8. The molecule has 32 heavy (non-hydrogen) atoms. The fourth-order valence-corrected chi connectivity index (χ4v) is 6.10. The smallest absolute Gasteiger partial charge is 0.317 e. The molecule has 1 unspecified atom stereocenters. The summed E-state index contributed by atoms with van der Waals surface area (Å²) in [6.45, 7) is 1.61. The fourth-order valence-electron chi connectivity index (χ4n) is 5.28. The summed E-state index contributed by atoms with van der Waals surface area (Å²) in [5.41, 5.74) is 1.40. The van der Waals surface area contributed by atoms with Gasteiger partial charge in [-0.25, -0.2) is 17.9 Å². The molecular formula is C24H37N3O4S. The van der Waals surface area contributed by atoms with E-state index in [1.165, 1.54) is 31.1 Å². The lowest BCUT2D eigenvalue weighted by atomic mass is 9.83. The zero-order valence-electron chi connectivity index (χ0n) is 19.0. The van der Waals surface area contributed by atoms with E-state index in [1.54, 1.807) is 4.90 Å². The molecule has 2 saturated carbocycles. The molecule has 1 saturated heterocycles. The number of hydrogen-bond donors (Lipinski definition) is 2. The summed E-state index contributed by atoms with van der Waals surface area (Å²) in [7, 11) is -3.36. The van der Waals surface area contributed by atoms with Gasteiger partial charge in [0.2, 0.25) is 10.0 Å². The van der Waals surface area contributed by atoms with Gasteiger partial charge in [0.25, 0.3) is 0 Å². The van der Waals surface area contributed by atoms with Gasteiger partial charge in [-0.15, -0.1) is 0 Å². The van der Waals surface area contributed by atoms with Crippen LogP contribution in [0.1, 0.15) is 62.8 Å². The van der Waals surface area contributed by atoms with Gasteiger partial charge in [-0.2, -0.15) is 0 Å². The molecule has 3 fully saturated rings. The second kappa shape index (κ2) is 10.5. The predicted octanol–water partition coefficient (Wildman–Crippen LogP) is 3.23. The second-order valence-electron chi connectivity index (χ2n) is 9.75. The molecule has 0 spiro atoms. The van der Waals surface area contributed by atoms with Crippen molar-refractivity contribution in [1.29, 1.82) is 0 Å². The normalized spacial score (nSPS) is 29.0. The molecule has 2 N–H and O–H groups in total. The number of hydrogen-bond acceptors (Lipinski definition) is 4. The summed E-state index contributed by atoms with van der Waals surface area (Å²) in [6, 6.07) is 9.95. The molecule has 1 aromatic rings. The van der Waals surface area contributed by atoms with Gasteiger partial charge in [-0.05, 0) is 62.3 Å². The molecule has 2 aliphatic carbocycles. The maximum atomic E-state index is 12.8.